The van der Waals surface area contributed by atoms with Gasteiger partial charge in [-0.3, -0.25) is 4.74 Å². The van der Waals surface area contributed by atoms with Crippen LogP contribution in [0.2, 0.25) is 0 Å². The average molecular weight is 297 g/mol. The van der Waals surface area contributed by atoms with Crippen LogP contribution in [0.1, 0.15) is 6.42 Å². The molecule has 0 aromatic rings. The summed E-state index contributed by atoms with van der Waals surface area (Å²) in [5, 5.41) is 2.83. The third kappa shape index (κ3) is 10.4. The molecule has 0 aliphatic rings. The van der Waals surface area contributed by atoms with Crippen molar-refractivity contribution in [3.8, 4) is 0 Å². The van der Waals surface area contributed by atoms with E-state index in [9.17, 15) is 13.2 Å². The number of hydrogen-bond acceptors (Lipinski definition) is 2. The van der Waals surface area contributed by atoms with Crippen molar-refractivity contribution >= 4 is 22.6 Å². The molecular formula is C6H11F3INO. The van der Waals surface area contributed by atoms with Gasteiger partial charge in [-0.25, -0.2) is 0 Å². The van der Waals surface area contributed by atoms with E-state index in [0.29, 0.717) is 0 Å². The van der Waals surface area contributed by atoms with E-state index in [1.807, 2.05) is 0 Å². The molecule has 74 valence electrons. The minimum absolute atomic E-state index is 0.246. The summed E-state index contributed by atoms with van der Waals surface area (Å²) in [5.41, 5.74) is 0. The van der Waals surface area contributed by atoms with E-state index < -0.39 is 6.36 Å². The number of alkyl halides is 4. The summed E-state index contributed by atoms with van der Waals surface area (Å²) in [6, 6.07) is 0. The van der Waals surface area contributed by atoms with Crippen LogP contribution >= 0.6 is 22.6 Å². The Morgan fingerprint density at radius 3 is 2.42 bits per heavy atom. The second-order valence-corrected chi connectivity index (χ2v) is 3.17. The van der Waals surface area contributed by atoms with Gasteiger partial charge in [0.25, 0.3) is 0 Å². The first-order chi connectivity index (χ1) is 5.56. The summed E-state index contributed by atoms with van der Waals surface area (Å²) in [6.45, 7) is 0.672. The molecule has 0 saturated heterocycles. The highest BCUT2D eigenvalue weighted by molar-refractivity contribution is 14.1. The molecule has 0 aromatic heterocycles. The first-order valence-electron chi connectivity index (χ1n) is 3.53. The van der Waals surface area contributed by atoms with Crippen LogP contribution in [0.4, 0.5) is 13.2 Å². The van der Waals surface area contributed by atoms with Crippen molar-refractivity contribution in [2.75, 3.05) is 24.1 Å². The summed E-state index contributed by atoms with van der Waals surface area (Å²) < 4.78 is 38.7. The summed E-state index contributed by atoms with van der Waals surface area (Å²) in [7, 11) is 0. The highest BCUT2D eigenvalue weighted by Gasteiger charge is 2.28. The molecule has 0 aliphatic heterocycles. The van der Waals surface area contributed by atoms with E-state index in [4.69, 9.17) is 0 Å². The third-order valence-corrected chi connectivity index (χ3v) is 1.79. The van der Waals surface area contributed by atoms with Crippen molar-refractivity contribution in [3.05, 3.63) is 0 Å². The fraction of sp³-hybridized carbons (Fsp3) is 1.00. The lowest BCUT2D eigenvalue weighted by molar-refractivity contribution is -0.323. The predicted molar refractivity (Wildman–Crippen MR) is 48.4 cm³/mol. The van der Waals surface area contributed by atoms with Crippen LogP contribution in [0.15, 0.2) is 0 Å². The first-order valence-corrected chi connectivity index (χ1v) is 5.06. The maximum Gasteiger partial charge on any atom is 0.522 e. The van der Waals surface area contributed by atoms with Gasteiger partial charge in [0.15, 0.2) is 0 Å². The number of ether oxygens (including phenoxy) is 1. The van der Waals surface area contributed by atoms with E-state index in [2.05, 4.69) is 32.6 Å². The Balaban J connectivity index is 3.01. The van der Waals surface area contributed by atoms with Gasteiger partial charge in [0, 0.05) is 11.0 Å². The number of nitrogens with one attached hydrogen (secondary N) is 1. The molecule has 0 fully saturated rings. The fourth-order valence-corrected chi connectivity index (χ4v) is 0.937. The third-order valence-electron chi connectivity index (χ3n) is 1.03. The second-order valence-electron chi connectivity index (χ2n) is 2.09. The van der Waals surface area contributed by atoms with Crippen LogP contribution in [0.3, 0.4) is 0 Å². The van der Waals surface area contributed by atoms with Gasteiger partial charge in [-0.1, -0.05) is 22.6 Å². The molecule has 0 aliphatic carbocycles. The average Bonchev–Trinajstić information content (AvgIpc) is 1.94. The van der Waals surface area contributed by atoms with Crippen molar-refractivity contribution in [1.82, 2.24) is 5.32 Å². The van der Waals surface area contributed by atoms with Gasteiger partial charge < -0.3 is 5.32 Å². The Morgan fingerprint density at radius 2 is 1.92 bits per heavy atom. The summed E-state index contributed by atoms with van der Waals surface area (Å²) in [5.74, 6) is 0. The zero-order valence-corrected chi connectivity index (χ0v) is 8.61. The van der Waals surface area contributed by atoms with Gasteiger partial charge >= 0.3 is 6.36 Å². The van der Waals surface area contributed by atoms with Crippen LogP contribution in [-0.4, -0.2) is 30.5 Å². The first kappa shape index (κ1) is 12.4. The molecule has 0 amide bonds. The molecule has 0 saturated carbocycles. The lowest BCUT2D eigenvalue weighted by Gasteiger charge is -2.07. The van der Waals surface area contributed by atoms with Gasteiger partial charge in [0.05, 0.1) is 6.61 Å². The quantitative estimate of drug-likeness (QED) is 0.459. The second kappa shape index (κ2) is 6.90. The molecule has 2 nitrogen and oxygen atoms in total. The number of hydrogen-bond donors (Lipinski definition) is 1. The van der Waals surface area contributed by atoms with Crippen LogP contribution in [0, 0.1) is 0 Å². The molecule has 0 aromatic carbocycles. The molecule has 12 heavy (non-hydrogen) atoms. The van der Waals surface area contributed by atoms with Crippen molar-refractivity contribution in [1.29, 1.82) is 0 Å². The Morgan fingerprint density at radius 1 is 1.25 bits per heavy atom. The number of halogens is 4. The molecule has 0 atom stereocenters. The van der Waals surface area contributed by atoms with Crippen molar-refractivity contribution in [2.45, 2.75) is 12.8 Å². The van der Waals surface area contributed by atoms with Gasteiger partial charge in [0.2, 0.25) is 0 Å². The van der Waals surface area contributed by atoms with Crippen LogP contribution in [-0.2, 0) is 4.74 Å². The zero-order valence-electron chi connectivity index (χ0n) is 6.46. The van der Waals surface area contributed by atoms with Gasteiger partial charge in [-0.2, -0.15) is 0 Å². The van der Waals surface area contributed by atoms with Crippen LogP contribution in [0.25, 0.3) is 0 Å². The largest absolute Gasteiger partial charge is 0.522 e. The number of rotatable bonds is 6. The summed E-state index contributed by atoms with van der Waals surface area (Å²) in [4.78, 5) is 0. The van der Waals surface area contributed by atoms with Crippen molar-refractivity contribution in [2.24, 2.45) is 0 Å². The standard InChI is InChI=1S/C6H11F3INO/c7-6(8,9)12-5-4-11-3-1-2-10/h11H,1-5H2. The molecule has 6 heteroatoms. The Labute approximate surface area is 83.0 Å². The topological polar surface area (TPSA) is 21.3 Å². The van der Waals surface area contributed by atoms with Gasteiger partial charge in [0.1, 0.15) is 0 Å². The lowest BCUT2D eigenvalue weighted by atomic mass is 10.5. The zero-order chi connectivity index (χ0) is 9.45. The van der Waals surface area contributed by atoms with Gasteiger partial charge in [-0.15, -0.1) is 13.2 Å². The normalized spacial score (nSPS) is 12.0. The maximum absolute atomic E-state index is 11.4. The summed E-state index contributed by atoms with van der Waals surface area (Å²) in [6.07, 6.45) is -3.53. The Hall–Kier alpha value is 0.440. The molecule has 0 radical (unpaired) electrons. The molecule has 0 heterocycles. The van der Waals surface area contributed by atoms with E-state index >= 15 is 0 Å². The monoisotopic (exact) mass is 297 g/mol. The highest BCUT2D eigenvalue weighted by atomic mass is 127. The highest BCUT2D eigenvalue weighted by Crippen LogP contribution is 2.14. The SMILES string of the molecule is FC(F)(F)OCCNCCCI. The Kier molecular flexibility index (Phi) is 7.16. The van der Waals surface area contributed by atoms with E-state index in [-0.39, 0.29) is 13.2 Å². The smallest absolute Gasteiger partial charge is 0.314 e. The van der Waals surface area contributed by atoms with Gasteiger partial charge in [-0.05, 0) is 13.0 Å². The Bertz CT molecular complexity index is 109. The minimum atomic E-state index is -4.50. The van der Waals surface area contributed by atoms with Crippen molar-refractivity contribution < 1.29 is 17.9 Å². The van der Waals surface area contributed by atoms with E-state index in [1.165, 1.54) is 0 Å². The maximum atomic E-state index is 11.4. The summed E-state index contributed by atoms with van der Waals surface area (Å²) >= 11 is 2.21. The molecule has 0 rings (SSSR count). The minimum Gasteiger partial charge on any atom is -0.314 e. The lowest BCUT2D eigenvalue weighted by Crippen LogP contribution is -2.25. The predicted octanol–water partition coefficient (Wildman–Crippen LogP) is 1.94. The molecule has 0 bridgehead atoms. The fourth-order valence-electron chi connectivity index (χ4n) is 0.556. The van der Waals surface area contributed by atoms with Crippen LogP contribution < -0.4 is 5.32 Å². The van der Waals surface area contributed by atoms with Crippen LogP contribution in [0.5, 0.6) is 0 Å². The molecule has 0 spiro atoms. The molecule has 0 unspecified atom stereocenters. The molecular weight excluding hydrogens is 286 g/mol. The van der Waals surface area contributed by atoms with E-state index in [0.717, 1.165) is 17.4 Å². The molecule has 1 N–H and O–H groups in total. The van der Waals surface area contributed by atoms with E-state index in [1.54, 1.807) is 0 Å². The van der Waals surface area contributed by atoms with Crippen molar-refractivity contribution in [3.63, 3.8) is 0 Å².